The van der Waals surface area contributed by atoms with Crippen molar-refractivity contribution in [3.05, 3.63) is 18.0 Å². The SMILES string of the molecule is O=C(NCC1(C(=O)O)CCCCCC1)c1ccon1. The molecule has 1 fully saturated rings. The Labute approximate surface area is 111 Å². The van der Waals surface area contributed by atoms with Gasteiger partial charge >= 0.3 is 5.97 Å². The highest BCUT2D eigenvalue weighted by Gasteiger charge is 2.39. The molecule has 1 amide bonds. The van der Waals surface area contributed by atoms with Gasteiger partial charge in [0.25, 0.3) is 5.91 Å². The van der Waals surface area contributed by atoms with E-state index in [2.05, 4.69) is 15.0 Å². The van der Waals surface area contributed by atoms with Gasteiger partial charge in [0.05, 0.1) is 5.41 Å². The van der Waals surface area contributed by atoms with Crippen molar-refractivity contribution in [2.45, 2.75) is 38.5 Å². The first-order valence-corrected chi connectivity index (χ1v) is 6.56. The van der Waals surface area contributed by atoms with Crippen molar-refractivity contribution in [2.75, 3.05) is 6.54 Å². The van der Waals surface area contributed by atoms with Gasteiger partial charge in [-0.2, -0.15) is 0 Å². The summed E-state index contributed by atoms with van der Waals surface area (Å²) in [6.45, 7) is 0.147. The van der Waals surface area contributed by atoms with Gasteiger partial charge in [0, 0.05) is 12.6 Å². The number of rotatable bonds is 4. The quantitative estimate of drug-likeness (QED) is 0.811. The molecule has 104 valence electrons. The molecule has 6 heteroatoms. The van der Waals surface area contributed by atoms with Gasteiger partial charge in [-0.05, 0) is 12.8 Å². The summed E-state index contributed by atoms with van der Waals surface area (Å²) in [5.41, 5.74) is -0.662. The zero-order chi connectivity index (χ0) is 13.7. The summed E-state index contributed by atoms with van der Waals surface area (Å²) in [6, 6.07) is 1.45. The molecule has 0 bridgehead atoms. The highest BCUT2D eigenvalue weighted by Crippen LogP contribution is 2.34. The molecule has 2 rings (SSSR count). The Morgan fingerprint density at radius 2 is 2.00 bits per heavy atom. The van der Waals surface area contributed by atoms with E-state index in [4.69, 9.17) is 0 Å². The third-order valence-corrected chi connectivity index (χ3v) is 3.77. The molecular weight excluding hydrogens is 248 g/mol. The second kappa shape index (κ2) is 5.86. The van der Waals surface area contributed by atoms with Gasteiger partial charge in [0.15, 0.2) is 5.69 Å². The number of hydrogen-bond acceptors (Lipinski definition) is 4. The Morgan fingerprint density at radius 1 is 1.32 bits per heavy atom. The van der Waals surface area contributed by atoms with E-state index in [-0.39, 0.29) is 12.2 Å². The predicted octanol–water partition coefficient (Wildman–Crippen LogP) is 1.83. The molecule has 1 aliphatic carbocycles. The Kier molecular flexibility index (Phi) is 4.19. The minimum atomic E-state index is -0.837. The molecule has 0 radical (unpaired) electrons. The summed E-state index contributed by atoms with van der Waals surface area (Å²) >= 11 is 0. The van der Waals surface area contributed by atoms with Crippen LogP contribution in [-0.4, -0.2) is 28.7 Å². The summed E-state index contributed by atoms with van der Waals surface area (Å²) in [5.74, 6) is -1.21. The number of aliphatic carboxylic acids is 1. The number of amides is 1. The summed E-state index contributed by atoms with van der Waals surface area (Å²) in [5, 5.41) is 15.7. The molecule has 1 aromatic heterocycles. The fourth-order valence-electron chi connectivity index (χ4n) is 2.54. The Hall–Kier alpha value is -1.85. The first-order valence-electron chi connectivity index (χ1n) is 6.56. The number of carboxylic acids is 1. The molecule has 1 heterocycles. The van der Waals surface area contributed by atoms with Gasteiger partial charge in [-0.1, -0.05) is 30.8 Å². The van der Waals surface area contributed by atoms with Gasteiger partial charge in [-0.25, -0.2) is 0 Å². The number of nitrogens with one attached hydrogen (secondary N) is 1. The van der Waals surface area contributed by atoms with E-state index in [1.807, 2.05) is 0 Å². The van der Waals surface area contributed by atoms with Crippen LogP contribution in [-0.2, 0) is 4.79 Å². The molecule has 0 atom stereocenters. The molecule has 6 nitrogen and oxygen atoms in total. The van der Waals surface area contributed by atoms with Crippen LogP contribution in [0.15, 0.2) is 16.9 Å². The molecular formula is C13H18N2O4. The number of hydrogen-bond donors (Lipinski definition) is 2. The van der Waals surface area contributed by atoms with Crippen molar-refractivity contribution >= 4 is 11.9 Å². The minimum absolute atomic E-state index is 0.147. The smallest absolute Gasteiger partial charge is 0.311 e. The highest BCUT2D eigenvalue weighted by molar-refractivity contribution is 5.92. The normalized spacial score (nSPS) is 18.5. The maximum Gasteiger partial charge on any atom is 0.311 e. The lowest BCUT2D eigenvalue weighted by Crippen LogP contribution is -2.43. The van der Waals surface area contributed by atoms with Crippen LogP contribution in [0.5, 0.6) is 0 Å². The molecule has 0 aromatic carbocycles. The van der Waals surface area contributed by atoms with E-state index < -0.39 is 17.3 Å². The first-order chi connectivity index (χ1) is 9.14. The lowest BCUT2D eigenvalue weighted by atomic mass is 9.80. The number of carbonyl (C=O) groups excluding carboxylic acids is 1. The van der Waals surface area contributed by atoms with Crippen LogP contribution in [0.25, 0.3) is 0 Å². The molecule has 0 spiro atoms. The Morgan fingerprint density at radius 3 is 2.53 bits per heavy atom. The van der Waals surface area contributed by atoms with Gasteiger partial charge < -0.3 is 14.9 Å². The third kappa shape index (κ3) is 3.13. The van der Waals surface area contributed by atoms with Crippen molar-refractivity contribution in [1.29, 1.82) is 0 Å². The van der Waals surface area contributed by atoms with E-state index in [1.54, 1.807) is 0 Å². The number of nitrogens with zero attached hydrogens (tertiary/aromatic N) is 1. The maximum absolute atomic E-state index is 11.8. The van der Waals surface area contributed by atoms with Crippen LogP contribution in [0.2, 0.25) is 0 Å². The fraction of sp³-hybridized carbons (Fsp3) is 0.615. The average Bonchev–Trinajstić information content (AvgIpc) is 2.82. The van der Waals surface area contributed by atoms with Crippen LogP contribution in [0.4, 0.5) is 0 Å². The van der Waals surface area contributed by atoms with Crippen LogP contribution in [0.1, 0.15) is 49.0 Å². The predicted molar refractivity (Wildman–Crippen MR) is 66.6 cm³/mol. The van der Waals surface area contributed by atoms with Crippen molar-refractivity contribution in [1.82, 2.24) is 10.5 Å². The minimum Gasteiger partial charge on any atom is -0.481 e. The largest absolute Gasteiger partial charge is 0.481 e. The van der Waals surface area contributed by atoms with Gasteiger partial charge in [-0.3, -0.25) is 9.59 Å². The standard InChI is InChI=1S/C13H18N2O4/c16-11(10-5-8-19-15-10)14-9-13(12(17)18)6-3-1-2-4-7-13/h5,8H,1-4,6-7,9H2,(H,14,16)(H,17,18). The zero-order valence-electron chi connectivity index (χ0n) is 10.7. The van der Waals surface area contributed by atoms with Crippen molar-refractivity contribution in [3.63, 3.8) is 0 Å². The summed E-state index contributed by atoms with van der Waals surface area (Å²) in [6.07, 6.45) is 6.45. The van der Waals surface area contributed by atoms with Crippen LogP contribution < -0.4 is 5.32 Å². The van der Waals surface area contributed by atoms with Crippen molar-refractivity contribution < 1.29 is 19.2 Å². The first kappa shape index (κ1) is 13.6. The molecule has 1 aliphatic rings. The number of carboxylic acid groups (broad SMARTS) is 1. The van der Waals surface area contributed by atoms with E-state index in [0.29, 0.717) is 12.8 Å². The molecule has 1 aromatic rings. The second-order valence-electron chi connectivity index (χ2n) is 5.07. The van der Waals surface area contributed by atoms with Gasteiger partial charge in [0.2, 0.25) is 0 Å². The van der Waals surface area contributed by atoms with E-state index in [0.717, 1.165) is 25.7 Å². The zero-order valence-corrected chi connectivity index (χ0v) is 10.7. The molecule has 0 saturated heterocycles. The maximum atomic E-state index is 11.8. The lowest BCUT2D eigenvalue weighted by molar-refractivity contribution is -0.149. The monoisotopic (exact) mass is 266 g/mol. The third-order valence-electron chi connectivity index (χ3n) is 3.77. The van der Waals surface area contributed by atoms with E-state index in [1.165, 1.54) is 12.3 Å². The molecule has 19 heavy (non-hydrogen) atoms. The van der Waals surface area contributed by atoms with E-state index in [9.17, 15) is 14.7 Å². The van der Waals surface area contributed by atoms with E-state index >= 15 is 0 Å². The van der Waals surface area contributed by atoms with Crippen LogP contribution in [0.3, 0.4) is 0 Å². The molecule has 0 aliphatic heterocycles. The average molecular weight is 266 g/mol. The van der Waals surface area contributed by atoms with Crippen LogP contribution >= 0.6 is 0 Å². The van der Waals surface area contributed by atoms with Crippen LogP contribution in [0, 0.1) is 5.41 Å². The lowest BCUT2D eigenvalue weighted by Gasteiger charge is -2.27. The van der Waals surface area contributed by atoms with Crippen molar-refractivity contribution in [3.8, 4) is 0 Å². The molecule has 1 saturated carbocycles. The molecule has 0 unspecified atom stereocenters. The summed E-state index contributed by atoms with van der Waals surface area (Å²) in [4.78, 5) is 23.3. The number of aromatic nitrogens is 1. The molecule has 2 N–H and O–H groups in total. The fourth-order valence-corrected chi connectivity index (χ4v) is 2.54. The Balaban J connectivity index is 2.00. The summed E-state index contributed by atoms with van der Waals surface area (Å²) < 4.78 is 4.59. The van der Waals surface area contributed by atoms with Gasteiger partial charge in [-0.15, -0.1) is 0 Å². The topological polar surface area (TPSA) is 92.4 Å². The second-order valence-corrected chi connectivity index (χ2v) is 5.07. The highest BCUT2D eigenvalue weighted by atomic mass is 16.5. The number of carbonyl (C=O) groups is 2. The summed E-state index contributed by atoms with van der Waals surface area (Å²) in [7, 11) is 0. The van der Waals surface area contributed by atoms with Gasteiger partial charge in [0.1, 0.15) is 6.26 Å². The van der Waals surface area contributed by atoms with Crippen molar-refractivity contribution in [2.24, 2.45) is 5.41 Å². The Bertz CT molecular complexity index is 434.